The number of amides is 7. The van der Waals surface area contributed by atoms with Crippen LogP contribution < -0.4 is 42.5 Å². The fourth-order valence-electron chi connectivity index (χ4n) is 14.1. The lowest BCUT2D eigenvalue weighted by molar-refractivity contribution is -0.401. The molecule has 0 aliphatic carbocycles. The predicted molar refractivity (Wildman–Crippen MR) is 380 cm³/mol. The zero-order chi connectivity index (χ0) is 78.9. The molecule has 3 saturated heterocycles. The van der Waals surface area contributed by atoms with E-state index in [1.165, 1.54) is 39.1 Å². The maximum atomic E-state index is 13.2. The number of hydrogen-bond donors (Lipinski definition) is 17. The van der Waals surface area contributed by atoms with Crippen LogP contribution in [-0.2, 0) is 90.7 Å². The van der Waals surface area contributed by atoms with E-state index in [9.17, 15) is 89.4 Å². The maximum absolute atomic E-state index is 13.2. The van der Waals surface area contributed by atoms with Gasteiger partial charge in [0.2, 0.25) is 47.0 Å². The summed E-state index contributed by atoms with van der Waals surface area (Å²) < 4.78 is 38.2. The Morgan fingerprint density at radius 1 is 0.759 bits per heavy atom. The van der Waals surface area contributed by atoms with Crippen molar-refractivity contribution in [3.8, 4) is 0 Å². The highest BCUT2D eigenvalue weighted by Crippen LogP contribution is 2.48. The summed E-state index contributed by atoms with van der Waals surface area (Å²) in [6.07, 6.45) is -14.5. The number of benzene rings is 2. The quantitative estimate of drug-likeness (QED) is 0.0196. The Bertz CT molecular complexity index is 3720. The monoisotopic (exact) mass is 1520 g/mol. The van der Waals surface area contributed by atoms with Gasteiger partial charge in [0, 0.05) is 87.1 Å². The van der Waals surface area contributed by atoms with Gasteiger partial charge in [0.1, 0.15) is 85.9 Å². The number of nitrogens with zero attached hydrogens (tertiary/aromatic N) is 5. The molecule has 2 aromatic carbocycles. The molecule has 0 radical (unpaired) electrons. The second kappa shape index (κ2) is 38.4. The summed E-state index contributed by atoms with van der Waals surface area (Å²) in [6.45, 7) is 8.34. The van der Waals surface area contributed by atoms with Crippen molar-refractivity contribution < 1.29 is 122 Å². The van der Waals surface area contributed by atoms with Crippen molar-refractivity contribution in [2.75, 3.05) is 58.0 Å². The van der Waals surface area contributed by atoms with Gasteiger partial charge in [-0.2, -0.15) is 4.58 Å². The smallest absolute Gasteiger partial charge is 0.364 e. The number of carbonyl (C=O) groups excluding carboxylic acids is 7. The number of nitrogens with one attached hydrogen (secondary N) is 6. The van der Waals surface area contributed by atoms with Crippen LogP contribution in [0.2, 0.25) is 0 Å². The Morgan fingerprint density at radius 2 is 1.43 bits per heavy atom. The molecule has 0 bridgehead atoms. The first-order chi connectivity index (χ1) is 51.2. The highest BCUT2D eigenvalue weighted by molar-refractivity contribution is 6.03. The van der Waals surface area contributed by atoms with E-state index in [0.29, 0.717) is 38.6 Å². The number of carboxylic acids is 1. The number of hydrogen-bond acceptors (Lipinski definition) is 26. The Kier molecular flexibility index (Phi) is 30.3. The molecule has 8 rings (SSSR count). The van der Waals surface area contributed by atoms with Gasteiger partial charge >= 0.3 is 5.97 Å². The highest BCUT2D eigenvalue weighted by atomic mass is 16.8. The van der Waals surface area contributed by atoms with E-state index in [2.05, 4.69) is 153 Å². The molecule has 5 aliphatic heterocycles. The number of allylic oxidation sites excluding steroid dienone is 4. The van der Waals surface area contributed by atoms with Crippen molar-refractivity contribution in [3.63, 3.8) is 0 Å². The average molecular weight is 1520 g/mol. The van der Waals surface area contributed by atoms with Gasteiger partial charge in [0.15, 0.2) is 18.3 Å². The molecule has 6 heterocycles. The zero-order valence-electron chi connectivity index (χ0n) is 61.6. The van der Waals surface area contributed by atoms with Crippen molar-refractivity contribution >= 4 is 64.4 Å². The van der Waals surface area contributed by atoms with Gasteiger partial charge in [0.25, 0.3) is 5.79 Å². The standard InChI is InChI=1S/C72H104N12O24/c1-39(87)77-57-47(89)32-72(69(101)102,108-65(57)59(95)48(90)36-85)104-38-50-60(96)62(98)63(99)68(106-50)107-64-49(37-86)105-67(58(61(64)97)78-40(2)88)103-31-30-83-35-41(80-81-83)33-75-55(93)27-26-44(66(100)76-34-53(73)91)79-56(94)25-9-8-15-28-74-54(92)24-14-16-29-84-46-21-13-11-19-43(46)71(5,6)52(84)23-17-22-51-70(3,4)42-18-10-12-20-45(42)82(51)7/h10-13,17-23,35,44,47-50,57-65,67-68,85-86,89-90,95-99H,8-9,14-16,24-34,36-38H2,1-7H3,(H8-,73,74,75,76,77,78,79,87,88,91,92,93,94,100,101,102)/p+1/t44?,47-,48+,49+,50+,57+,58+,59+,60-,61+,62-,63+,64+,65+,67+,68-,72+/m0/s1. The number of fused-ring (bicyclic) bond motifs is 2. The fraction of sp³-hybridized carbons (Fsp3) is 0.625. The lowest BCUT2D eigenvalue weighted by Crippen LogP contribution is -2.69. The van der Waals surface area contributed by atoms with Gasteiger partial charge in [-0.05, 0) is 63.7 Å². The number of unbranched alkanes of at least 4 members (excludes halogenated alkanes) is 3. The number of nitrogens with two attached hydrogens (primary N) is 1. The Balaban J connectivity index is 0.749. The SMILES string of the molecule is CC(=O)N[C@H]1[C@H](OCCn2cc(CNC(=O)CCC(NC(=O)CCCCCNC(=O)CCCCN3/C(=C\C=C\C4=[N+](C)c5ccccc5C4(C)C)C(C)(C)c4ccccc43)C(=O)NCC(N)=O)nn2)O[C@H](CO)[C@@H](O[C@@H]2O[C@H](CO[C@]3(C(=O)O)C[C@H](O)[C@@H](NC(C)=O)[C@H]([C@H](O)[C@H](O)CO)O3)[C@H](O)[C@H](O)[C@H]2O)[C@@H]1O. The van der Waals surface area contributed by atoms with E-state index >= 15 is 0 Å². The van der Waals surface area contributed by atoms with Crippen molar-refractivity contribution in [2.24, 2.45) is 5.73 Å². The molecule has 0 saturated carbocycles. The number of aromatic nitrogens is 3. The molecular formula is C72H105N12O24+. The highest BCUT2D eigenvalue weighted by Gasteiger charge is 2.58. The van der Waals surface area contributed by atoms with Crippen LogP contribution in [0.4, 0.5) is 11.4 Å². The number of rotatable bonds is 38. The van der Waals surface area contributed by atoms with E-state index < -0.39 is 178 Å². The summed E-state index contributed by atoms with van der Waals surface area (Å²) in [5, 5.41) is 131. The number of carbonyl (C=O) groups is 8. The van der Waals surface area contributed by atoms with Crippen LogP contribution >= 0.6 is 0 Å². The topological polar surface area (TPSA) is 529 Å². The number of primary amides is 1. The summed E-state index contributed by atoms with van der Waals surface area (Å²) in [5.74, 6) is -8.93. The molecular weight excluding hydrogens is 1420 g/mol. The number of aliphatic hydroxyl groups is 9. The molecule has 17 atom stereocenters. The molecule has 596 valence electrons. The molecule has 36 nitrogen and oxygen atoms in total. The molecule has 3 fully saturated rings. The first-order valence-electron chi connectivity index (χ1n) is 36.1. The number of aliphatic hydroxyl groups excluding tert-OH is 9. The van der Waals surface area contributed by atoms with Gasteiger partial charge in [-0.15, -0.1) is 5.10 Å². The average Bonchev–Trinajstić information content (AvgIpc) is 1.60. The van der Waals surface area contributed by atoms with Crippen LogP contribution in [0, 0.1) is 0 Å². The van der Waals surface area contributed by atoms with Crippen LogP contribution in [0.5, 0.6) is 0 Å². The van der Waals surface area contributed by atoms with Crippen molar-refractivity contribution in [2.45, 2.75) is 233 Å². The summed E-state index contributed by atoms with van der Waals surface area (Å²) in [4.78, 5) is 104. The third kappa shape index (κ3) is 21.2. The number of ether oxygens (including phenoxy) is 6. The van der Waals surface area contributed by atoms with E-state index in [-0.39, 0.29) is 61.4 Å². The third-order valence-electron chi connectivity index (χ3n) is 19.9. The zero-order valence-corrected chi connectivity index (χ0v) is 61.6. The number of para-hydroxylation sites is 2. The Labute approximate surface area is 624 Å². The van der Waals surface area contributed by atoms with Crippen LogP contribution in [-0.4, -0.2) is 280 Å². The normalized spacial score (nSPS) is 27.6. The third-order valence-corrected chi connectivity index (χ3v) is 19.9. The first-order valence-corrected chi connectivity index (χ1v) is 36.1. The van der Waals surface area contributed by atoms with E-state index in [1.54, 1.807) is 0 Å². The lowest BCUT2D eigenvalue weighted by Gasteiger charge is -2.48. The summed E-state index contributed by atoms with van der Waals surface area (Å²) in [6, 6.07) is 12.7. The van der Waals surface area contributed by atoms with E-state index in [0.717, 1.165) is 32.5 Å². The first kappa shape index (κ1) is 85.3. The van der Waals surface area contributed by atoms with Crippen LogP contribution in [0.25, 0.3) is 0 Å². The summed E-state index contributed by atoms with van der Waals surface area (Å²) in [7, 11) is 2.11. The Morgan fingerprint density at radius 3 is 2.11 bits per heavy atom. The van der Waals surface area contributed by atoms with E-state index in [4.69, 9.17) is 34.2 Å². The van der Waals surface area contributed by atoms with E-state index in [1.807, 2.05) is 0 Å². The minimum Gasteiger partial charge on any atom is -0.477 e. The van der Waals surface area contributed by atoms with Crippen LogP contribution in [0.1, 0.15) is 123 Å². The molecule has 5 aliphatic rings. The van der Waals surface area contributed by atoms with Gasteiger partial charge in [-0.25, -0.2) is 9.48 Å². The molecule has 0 spiro atoms. The van der Waals surface area contributed by atoms with Gasteiger partial charge < -0.3 is 122 Å². The molecule has 3 aromatic rings. The summed E-state index contributed by atoms with van der Waals surface area (Å²) in [5.41, 5.74) is 12.4. The molecule has 36 heteroatoms. The molecule has 108 heavy (non-hydrogen) atoms. The fourth-order valence-corrected chi connectivity index (χ4v) is 14.1. The number of aliphatic carboxylic acids is 1. The minimum absolute atomic E-state index is 0.0370. The number of carboxylic acid groups (broad SMARTS) is 1. The minimum atomic E-state index is -2.92. The number of anilines is 1. The maximum Gasteiger partial charge on any atom is 0.364 e. The van der Waals surface area contributed by atoms with Crippen molar-refractivity contribution in [3.05, 3.63) is 95.5 Å². The van der Waals surface area contributed by atoms with Crippen molar-refractivity contribution in [1.82, 2.24) is 46.9 Å². The predicted octanol–water partition coefficient (Wildman–Crippen LogP) is -3.49. The molecule has 1 unspecified atom stereocenters. The molecule has 1 aromatic heterocycles. The summed E-state index contributed by atoms with van der Waals surface area (Å²) >= 11 is 0. The van der Waals surface area contributed by atoms with Gasteiger partial charge in [-0.3, -0.25) is 33.6 Å². The van der Waals surface area contributed by atoms with Crippen LogP contribution in [0.15, 0.2) is 78.7 Å². The Hall–Kier alpha value is -8.31. The second-order valence-electron chi connectivity index (χ2n) is 28.6. The molecule has 7 amide bonds. The lowest BCUT2D eigenvalue weighted by atomic mass is 9.81. The van der Waals surface area contributed by atoms with Crippen LogP contribution in [0.3, 0.4) is 0 Å². The molecule has 18 N–H and O–H groups in total. The van der Waals surface area contributed by atoms with Crippen molar-refractivity contribution in [1.29, 1.82) is 0 Å². The second-order valence-corrected chi connectivity index (χ2v) is 28.6. The largest absolute Gasteiger partial charge is 0.477 e. The van der Waals surface area contributed by atoms with Gasteiger partial charge in [0.05, 0.1) is 69.8 Å². The van der Waals surface area contributed by atoms with Gasteiger partial charge in [-0.1, -0.05) is 68.0 Å².